The fourth-order valence-electron chi connectivity index (χ4n) is 2.52. The number of rotatable bonds is 6. The number of esters is 1. The Morgan fingerprint density at radius 1 is 1.04 bits per heavy atom. The molecular weight excluding hydrogens is 378 g/mol. The Kier molecular flexibility index (Phi) is 7.46. The highest BCUT2D eigenvalue weighted by molar-refractivity contribution is 6.30. The van der Waals surface area contributed by atoms with E-state index in [1.54, 1.807) is 39.8 Å². The van der Waals surface area contributed by atoms with E-state index >= 15 is 0 Å². The van der Waals surface area contributed by atoms with E-state index in [-0.39, 0.29) is 0 Å². The number of alkyl carbamates (subject to hydrolysis) is 1. The lowest BCUT2D eigenvalue weighted by Crippen LogP contribution is -2.42. The van der Waals surface area contributed by atoms with Crippen molar-refractivity contribution in [3.05, 3.63) is 70.7 Å². The molecular formula is C22H26ClNO4. The Morgan fingerprint density at radius 2 is 1.64 bits per heavy atom. The lowest BCUT2D eigenvalue weighted by molar-refractivity contribution is -0.151. The first-order valence-electron chi connectivity index (χ1n) is 9.13. The van der Waals surface area contributed by atoms with Crippen LogP contribution in [0.5, 0.6) is 0 Å². The molecule has 0 radical (unpaired) electrons. The summed E-state index contributed by atoms with van der Waals surface area (Å²) in [6.45, 7) is 6.84. The summed E-state index contributed by atoms with van der Waals surface area (Å²) in [5, 5.41) is 3.16. The molecule has 0 aliphatic carbocycles. The van der Waals surface area contributed by atoms with Crippen molar-refractivity contribution in [3.8, 4) is 0 Å². The zero-order valence-electron chi connectivity index (χ0n) is 16.6. The van der Waals surface area contributed by atoms with Crippen molar-refractivity contribution in [2.24, 2.45) is 0 Å². The second-order valence-electron chi connectivity index (χ2n) is 7.53. The predicted octanol–water partition coefficient (Wildman–Crippen LogP) is 5.08. The molecule has 2 aromatic rings. The third-order valence-corrected chi connectivity index (χ3v) is 4.10. The van der Waals surface area contributed by atoms with E-state index in [1.165, 1.54) is 0 Å². The third kappa shape index (κ3) is 7.24. The van der Waals surface area contributed by atoms with E-state index in [0.717, 1.165) is 11.1 Å². The molecule has 6 heteroatoms. The Morgan fingerprint density at radius 3 is 2.21 bits per heavy atom. The average Bonchev–Trinajstić information content (AvgIpc) is 2.62. The zero-order chi connectivity index (χ0) is 20.7. The van der Waals surface area contributed by atoms with Gasteiger partial charge >= 0.3 is 12.1 Å². The standard InChI is InChI=1S/C22H26ClNO4/c1-15(24-21(26)28-22(2,3)4)20(25)27-19(17-8-6-5-7-9-17)14-16-10-12-18(23)13-11-16/h5-13,15,19H,14H2,1-4H3,(H,24,26). The normalized spacial score (nSPS) is 13.3. The van der Waals surface area contributed by atoms with Gasteiger partial charge in [-0.05, 0) is 51.0 Å². The van der Waals surface area contributed by atoms with Crippen molar-refractivity contribution in [2.75, 3.05) is 0 Å². The summed E-state index contributed by atoms with van der Waals surface area (Å²) in [6, 6.07) is 16.0. The van der Waals surface area contributed by atoms with Crippen LogP contribution in [0.3, 0.4) is 0 Å². The summed E-state index contributed by atoms with van der Waals surface area (Å²) in [5.74, 6) is -0.534. The second-order valence-corrected chi connectivity index (χ2v) is 7.97. The molecule has 0 saturated carbocycles. The van der Waals surface area contributed by atoms with E-state index in [4.69, 9.17) is 21.1 Å². The zero-order valence-corrected chi connectivity index (χ0v) is 17.3. The van der Waals surface area contributed by atoms with Crippen LogP contribution in [0.4, 0.5) is 4.79 Å². The first kappa shape index (κ1) is 21.8. The molecule has 1 N–H and O–H groups in total. The summed E-state index contributed by atoms with van der Waals surface area (Å²) in [5.41, 5.74) is 1.21. The molecule has 2 unspecified atom stereocenters. The fourth-order valence-corrected chi connectivity index (χ4v) is 2.64. The molecule has 0 aliphatic heterocycles. The van der Waals surface area contributed by atoms with E-state index in [1.807, 2.05) is 42.5 Å². The van der Waals surface area contributed by atoms with Gasteiger partial charge in [0.2, 0.25) is 0 Å². The Labute approximate surface area is 171 Å². The van der Waals surface area contributed by atoms with Crippen LogP contribution in [0, 0.1) is 0 Å². The van der Waals surface area contributed by atoms with Crippen LogP contribution >= 0.6 is 11.6 Å². The topological polar surface area (TPSA) is 64.6 Å². The Bertz CT molecular complexity index is 784. The van der Waals surface area contributed by atoms with Gasteiger partial charge < -0.3 is 14.8 Å². The Hall–Kier alpha value is -2.53. The number of hydrogen-bond acceptors (Lipinski definition) is 4. The molecule has 0 fully saturated rings. The SMILES string of the molecule is CC(NC(=O)OC(C)(C)C)C(=O)OC(Cc1ccc(Cl)cc1)c1ccccc1. The smallest absolute Gasteiger partial charge is 0.408 e. The lowest BCUT2D eigenvalue weighted by atomic mass is 10.0. The van der Waals surface area contributed by atoms with Crippen LogP contribution in [-0.2, 0) is 20.7 Å². The van der Waals surface area contributed by atoms with Crippen molar-refractivity contribution in [2.45, 2.75) is 51.9 Å². The van der Waals surface area contributed by atoms with Gasteiger partial charge in [0.1, 0.15) is 17.7 Å². The average molecular weight is 404 g/mol. The molecule has 2 rings (SSSR count). The summed E-state index contributed by atoms with van der Waals surface area (Å²) >= 11 is 5.95. The number of hydrogen-bond donors (Lipinski definition) is 1. The van der Waals surface area contributed by atoms with Gasteiger partial charge in [-0.15, -0.1) is 0 Å². The first-order valence-corrected chi connectivity index (χ1v) is 9.51. The number of ether oxygens (including phenoxy) is 2. The third-order valence-electron chi connectivity index (χ3n) is 3.85. The van der Waals surface area contributed by atoms with Gasteiger partial charge in [-0.3, -0.25) is 0 Å². The molecule has 1 amide bonds. The molecule has 0 heterocycles. The number of benzene rings is 2. The van der Waals surface area contributed by atoms with Crippen LogP contribution in [0.2, 0.25) is 5.02 Å². The quantitative estimate of drug-likeness (QED) is 0.683. The molecule has 0 aliphatic rings. The van der Waals surface area contributed by atoms with Crippen molar-refractivity contribution in [1.82, 2.24) is 5.32 Å². The van der Waals surface area contributed by atoms with Gasteiger partial charge in [0.05, 0.1) is 0 Å². The summed E-state index contributed by atoms with van der Waals surface area (Å²) in [6.07, 6.45) is -0.657. The monoisotopic (exact) mass is 403 g/mol. The summed E-state index contributed by atoms with van der Waals surface area (Å²) in [7, 11) is 0. The molecule has 2 atom stereocenters. The highest BCUT2D eigenvalue weighted by Gasteiger charge is 2.25. The highest BCUT2D eigenvalue weighted by Crippen LogP contribution is 2.24. The van der Waals surface area contributed by atoms with Gasteiger partial charge in [-0.1, -0.05) is 54.1 Å². The molecule has 0 spiro atoms. The fraction of sp³-hybridized carbons (Fsp3) is 0.364. The van der Waals surface area contributed by atoms with Crippen molar-refractivity contribution in [1.29, 1.82) is 0 Å². The highest BCUT2D eigenvalue weighted by atomic mass is 35.5. The predicted molar refractivity (Wildman–Crippen MR) is 109 cm³/mol. The molecule has 2 aromatic carbocycles. The van der Waals surface area contributed by atoms with Crippen LogP contribution < -0.4 is 5.32 Å². The maximum Gasteiger partial charge on any atom is 0.408 e. The largest absolute Gasteiger partial charge is 0.456 e. The van der Waals surface area contributed by atoms with Gasteiger partial charge in [0.15, 0.2) is 0 Å². The van der Waals surface area contributed by atoms with Gasteiger partial charge in [-0.2, -0.15) is 0 Å². The molecule has 0 aromatic heterocycles. The van der Waals surface area contributed by atoms with E-state index in [2.05, 4.69) is 5.32 Å². The van der Waals surface area contributed by atoms with Crippen molar-refractivity contribution >= 4 is 23.7 Å². The van der Waals surface area contributed by atoms with E-state index in [9.17, 15) is 9.59 Å². The summed E-state index contributed by atoms with van der Waals surface area (Å²) in [4.78, 5) is 24.5. The number of carbonyl (C=O) groups excluding carboxylic acids is 2. The molecule has 0 bridgehead atoms. The molecule has 150 valence electrons. The van der Waals surface area contributed by atoms with E-state index < -0.39 is 29.8 Å². The van der Waals surface area contributed by atoms with Crippen LogP contribution in [0.25, 0.3) is 0 Å². The van der Waals surface area contributed by atoms with Crippen molar-refractivity contribution < 1.29 is 19.1 Å². The minimum atomic E-state index is -0.841. The summed E-state index contributed by atoms with van der Waals surface area (Å²) < 4.78 is 10.9. The molecule has 0 saturated heterocycles. The maximum atomic E-state index is 12.6. The van der Waals surface area contributed by atoms with Crippen LogP contribution in [0.1, 0.15) is 44.9 Å². The minimum Gasteiger partial charge on any atom is -0.456 e. The Balaban J connectivity index is 2.07. The number of halogens is 1. The lowest BCUT2D eigenvalue weighted by Gasteiger charge is -2.23. The van der Waals surface area contributed by atoms with Gasteiger partial charge in [0.25, 0.3) is 0 Å². The van der Waals surface area contributed by atoms with Crippen LogP contribution in [0.15, 0.2) is 54.6 Å². The molecule has 28 heavy (non-hydrogen) atoms. The van der Waals surface area contributed by atoms with Crippen LogP contribution in [-0.4, -0.2) is 23.7 Å². The minimum absolute atomic E-state index is 0.488. The van der Waals surface area contributed by atoms with Gasteiger partial charge in [-0.25, -0.2) is 9.59 Å². The molecule has 5 nitrogen and oxygen atoms in total. The van der Waals surface area contributed by atoms with E-state index in [0.29, 0.717) is 11.4 Å². The second kappa shape index (κ2) is 9.60. The maximum absolute atomic E-state index is 12.6. The van der Waals surface area contributed by atoms with Crippen molar-refractivity contribution in [3.63, 3.8) is 0 Å². The van der Waals surface area contributed by atoms with Gasteiger partial charge in [0, 0.05) is 11.4 Å². The number of amides is 1. The first-order chi connectivity index (χ1) is 13.1. The number of carbonyl (C=O) groups is 2. The number of nitrogens with one attached hydrogen (secondary N) is 1.